The summed E-state index contributed by atoms with van der Waals surface area (Å²) in [4.78, 5) is 27.5. The fourth-order valence-electron chi connectivity index (χ4n) is 1.52. The van der Waals surface area contributed by atoms with E-state index in [0.29, 0.717) is 5.69 Å². The van der Waals surface area contributed by atoms with Crippen molar-refractivity contribution in [2.45, 2.75) is 6.92 Å². The molecule has 7 nitrogen and oxygen atoms in total. The molecule has 1 aromatic rings. The van der Waals surface area contributed by atoms with Crippen LogP contribution in [0.2, 0.25) is 0 Å². The third-order valence-electron chi connectivity index (χ3n) is 2.16. The Bertz CT molecular complexity index is 419. The van der Waals surface area contributed by atoms with Gasteiger partial charge in [0.1, 0.15) is 0 Å². The predicted octanol–water partition coefficient (Wildman–Crippen LogP) is -0.710. The Balaban J connectivity index is 2.92. The molecule has 0 atom stereocenters. The number of nitrogens with zero attached hydrogens (tertiary/aromatic N) is 2. The molecule has 0 unspecified atom stereocenters. The van der Waals surface area contributed by atoms with Crippen LogP contribution in [0.1, 0.15) is 6.92 Å². The molecule has 0 aliphatic heterocycles. The van der Waals surface area contributed by atoms with Gasteiger partial charge in [-0.05, 0) is 13.0 Å². The fourth-order valence-corrected chi connectivity index (χ4v) is 1.52. The molecular formula is C11H17N5O2. The molecule has 2 amide bonds. The maximum Gasteiger partial charge on any atom is 0.236 e. The average molecular weight is 251 g/mol. The highest BCUT2D eigenvalue weighted by Crippen LogP contribution is 2.17. The Kier molecular flexibility index (Phi) is 4.91. The Morgan fingerprint density at radius 2 is 1.89 bits per heavy atom. The average Bonchev–Trinajstić information content (AvgIpc) is 2.28. The van der Waals surface area contributed by atoms with Crippen LogP contribution in [0.15, 0.2) is 18.5 Å². The molecule has 0 saturated carbocycles. The Morgan fingerprint density at radius 3 is 2.39 bits per heavy atom. The highest BCUT2D eigenvalue weighted by atomic mass is 16.2. The molecule has 0 saturated heterocycles. The van der Waals surface area contributed by atoms with E-state index in [1.54, 1.807) is 18.5 Å². The summed E-state index contributed by atoms with van der Waals surface area (Å²) in [5, 5.41) is 3.09. The number of nitrogens with one attached hydrogen (secondary N) is 1. The van der Waals surface area contributed by atoms with Crippen molar-refractivity contribution in [1.29, 1.82) is 0 Å². The van der Waals surface area contributed by atoms with Gasteiger partial charge >= 0.3 is 0 Å². The molecule has 0 aliphatic carbocycles. The summed E-state index contributed by atoms with van der Waals surface area (Å²) < 4.78 is 0. The lowest BCUT2D eigenvalue weighted by molar-refractivity contribution is -0.117. The molecule has 0 fully saturated rings. The number of carbonyl (C=O) groups excluding carboxylic acids is 2. The van der Waals surface area contributed by atoms with E-state index in [9.17, 15) is 9.59 Å². The zero-order chi connectivity index (χ0) is 13.5. The van der Waals surface area contributed by atoms with Crippen molar-refractivity contribution >= 4 is 23.2 Å². The molecule has 1 heterocycles. The number of primary amides is 2. The van der Waals surface area contributed by atoms with Crippen LogP contribution in [-0.4, -0.2) is 36.4 Å². The van der Waals surface area contributed by atoms with Gasteiger partial charge in [0.2, 0.25) is 11.8 Å². The SMILES string of the molecule is CCNc1cncc(N(CC(N)=O)CC(N)=O)c1. The van der Waals surface area contributed by atoms with Crippen molar-refractivity contribution in [2.75, 3.05) is 29.9 Å². The maximum absolute atomic E-state index is 11.0. The molecule has 0 radical (unpaired) electrons. The van der Waals surface area contributed by atoms with Crippen LogP contribution in [0, 0.1) is 0 Å². The van der Waals surface area contributed by atoms with E-state index in [1.165, 1.54) is 4.90 Å². The number of pyridine rings is 1. The van der Waals surface area contributed by atoms with Gasteiger partial charge in [-0.15, -0.1) is 0 Å². The van der Waals surface area contributed by atoms with E-state index in [2.05, 4.69) is 10.3 Å². The second-order valence-corrected chi connectivity index (χ2v) is 3.75. The van der Waals surface area contributed by atoms with Crippen LogP contribution >= 0.6 is 0 Å². The molecule has 98 valence electrons. The second kappa shape index (κ2) is 6.43. The van der Waals surface area contributed by atoms with E-state index in [-0.39, 0.29) is 13.1 Å². The minimum atomic E-state index is -0.537. The van der Waals surface area contributed by atoms with Crippen molar-refractivity contribution in [3.8, 4) is 0 Å². The van der Waals surface area contributed by atoms with Gasteiger partial charge < -0.3 is 21.7 Å². The standard InChI is InChI=1S/C11H17N5O2/c1-2-15-8-3-9(5-14-4-8)16(6-10(12)17)7-11(13)18/h3-5,15H,2,6-7H2,1H3,(H2,12,17)(H2,13,18). The molecule has 0 aromatic carbocycles. The summed E-state index contributed by atoms with van der Waals surface area (Å²) in [6.45, 7) is 2.54. The first kappa shape index (κ1) is 13.8. The predicted molar refractivity (Wildman–Crippen MR) is 69.0 cm³/mol. The van der Waals surface area contributed by atoms with Crippen molar-refractivity contribution in [1.82, 2.24) is 4.98 Å². The number of rotatable bonds is 7. The van der Waals surface area contributed by atoms with Gasteiger partial charge in [0, 0.05) is 6.54 Å². The largest absolute Gasteiger partial charge is 0.384 e. The molecule has 1 aromatic heterocycles. The molecule has 1 rings (SSSR count). The van der Waals surface area contributed by atoms with Crippen LogP contribution in [0.5, 0.6) is 0 Å². The highest BCUT2D eigenvalue weighted by Gasteiger charge is 2.12. The summed E-state index contributed by atoms with van der Waals surface area (Å²) in [6.07, 6.45) is 3.20. The number of carbonyl (C=O) groups is 2. The molecule has 0 bridgehead atoms. The number of hydrogen-bond donors (Lipinski definition) is 3. The summed E-state index contributed by atoms with van der Waals surface area (Å²) in [7, 11) is 0. The first-order chi connectivity index (χ1) is 8.52. The maximum atomic E-state index is 11.0. The zero-order valence-electron chi connectivity index (χ0n) is 10.2. The van der Waals surface area contributed by atoms with E-state index >= 15 is 0 Å². The molecular weight excluding hydrogens is 234 g/mol. The fraction of sp³-hybridized carbons (Fsp3) is 0.364. The highest BCUT2D eigenvalue weighted by molar-refractivity contribution is 5.85. The van der Waals surface area contributed by atoms with Crippen molar-refractivity contribution in [3.05, 3.63) is 18.5 Å². The topological polar surface area (TPSA) is 114 Å². The van der Waals surface area contributed by atoms with Crippen LogP contribution in [0.25, 0.3) is 0 Å². The lowest BCUT2D eigenvalue weighted by Crippen LogP contribution is -2.39. The van der Waals surface area contributed by atoms with Gasteiger partial charge in [-0.25, -0.2) is 0 Å². The number of anilines is 2. The monoisotopic (exact) mass is 251 g/mol. The third-order valence-corrected chi connectivity index (χ3v) is 2.16. The van der Waals surface area contributed by atoms with Gasteiger partial charge in [0.25, 0.3) is 0 Å². The minimum absolute atomic E-state index is 0.0831. The van der Waals surface area contributed by atoms with E-state index in [4.69, 9.17) is 11.5 Å². The van der Waals surface area contributed by atoms with Crippen LogP contribution in [0.3, 0.4) is 0 Å². The van der Waals surface area contributed by atoms with Crippen LogP contribution < -0.4 is 21.7 Å². The Labute approximate surface area is 105 Å². The smallest absolute Gasteiger partial charge is 0.236 e. The van der Waals surface area contributed by atoms with Gasteiger partial charge in [0.05, 0.1) is 36.9 Å². The van der Waals surface area contributed by atoms with E-state index in [1.807, 2.05) is 6.92 Å². The van der Waals surface area contributed by atoms with E-state index < -0.39 is 11.8 Å². The Hall–Kier alpha value is -2.31. The van der Waals surface area contributed by atoms with Gasteiger partial charge in [0.15, 0.2) is 0 Å². The number of nitrogens with two attached hydrogens (primary N) is 2. The molecule has 18 heavy (non-hydrogen) atoms. The second-order valence-electron chi connectivity index (χ2n) is 3.75. The quantitative estimate of drug-likeness (QED) is 0.592. The number of hydrogen-bond acceptors (Lipinski definition) is 5. The summed E-state index contributed by atoms with van der Waals surface area (Å²) in [5.74, 6) is -1.07. The van der Waals surface area contributed by atoms with Crippen molar-refractivity contribution in [2.24, 2.45) is 11.5 Å². The van der Waals surface area contributed by atoms with Gasteiger partial charge in [-0.1, -0.05) is 0 Å². The molecule has 7 heteroatoms. The Morgan fingerprint density at radius 1 is 1.28 bits per heavy atom. The van der Waals surface area contributed by atoms with Crippen LogP contribution in [-0.2, 0) is 9.59 Å². The minimum Gasteiger partial charge on any atom is -0.384 e. The summed E-state index contributed by atoms with van der Waals surface area (Å²) >= 11 is 0. The number of amides is 2. The van der Waals surface area contributed by atoms with E-state index in [0.717, 1.165) is 12.2 Å². The molecule has 5 N–H and O–H groups in total. The van der Waals surface area contributed by atoms with Crippen molar-refractivity contribution in [3.63, 3.8) is 0 Å². The summed E-state index contributed by atoms with van der Waals surface area (Å²) in [6, 6.07) is 1.78. The lowest BCUT2D eigenvalue weighted by atomic mass is 10.3. The zero-order valence-corrected chi connectivity index (χ0v) is 10.2. The van der Waals surface area contributed by atoms with Crippen LogP contribution in [0.4, 0.5) is 11.4 Å². The summed E-state index contributed by atoms with van der Waals surface area (Å²) in [5.41, 5.74) is 11.7. The first-order valence-electron chi connectivity index (χ1n) is 5.53. The van der Waals surface area contributed by atoms with Crippen molar-refractivity contribution < 1.29 is 9.59 Å². The molecule has 0 aliphatic rings. The molecule has 0 spiro atoms. The third kappa shape index (κ3) is 4.28. The van der Waals surface area contributed by atoms with Gasteiger partial charge in [-0.2, -0.15) is 0 Å². The normalized spacial score (nSPS) is 9.83. The number of aromatic nitrogens is 1. The first-order valence-corrected chi connectivity index (χ1v) is 5.53. The van der Waals surface area contributed by atoms with Gasteiger partial charge in [-0.3, -0.25) is 14.6 Å². The lowest BCUT2D eigenvalue weighted by Gasteiger charge is -2.21.